The van der Waals surface area contributed by atoms with Gasteiger partial charge in [0, 0.05) is 6.61 Å². The first-order valence-corrected chi connectivity index (χ1v) is 10.2. The van der Waals surface area contributed by atoms with Crippen LogP contribution in [0.1, 0.15) is 52.4 Å². The molecule has 0 spiro atoms. The Morgan fingerprint density at radius 1 is 0.792 bits per heavy atom. The molecule has 0 rings (SSSR count). The summed E-state index contributed by atoms with van der Waals surface area (Å²) in [5, 5.41) is 0. The summed E-state index contributed by atoms with van der Waals surface area (Å²) in [5.41, 5.74) is 0. The van der Waals surface area contributed by atoms with E-state index in [2.05, 4.69) is 18.0 Å². The van der Waals surface area contributed by atoms with Gasteiger partial charge in [0.2, 0.25) is 0 Å². The molecule has 0 saturated heterocycles. The van der Waals surface area contributed by atoms with Gasteiger partial charge in [-0.15, -0.1) is 0 Å². The predicted octanol–water partition coefficient (Wildman–Crippen LogP) is 2.85. The molecule has 0 saturated carbocycles. The van der Waals surface area contributed by atoms with Gasteiger partial charge in [0.25, 0.3) is 0 Å². The van der Waals surface area contributed by atoms with Gasteiger partial charge < -0.3 is 14.2 Å². The fourth-order valence-electron chi connectivity index (χ4n) is 2.29. The maximum absolute atomic E-state index is 10.3. The number of rotatable bonds is 18. The van der Waals surface area contributed by atoms with Crippen molar-refractivity contribution in [1.29, 1.82) is 0 Å². The largest absolute Gasteiger partial charge is 0.397 e. The molecule has 0 aliphatic heterocycles. The summed E-state index contributed by atoms with van der Waals surface area (Å²) in [4.78, 5) is 0. The Morgan fingerprint density at radius 2 is 1.38 bits per heavy atom. The zero-order valence-corrected chi connectivity index (χ0v) is 15.9. The normalized spacial score (nSPS) is 13.3. The fourth-order valence-corrected chi connectivity index (χ4v) is 2.57. The highest BCUT2D eigenvalue weighted by Crippen LogP contribution is 2.16. The quantitative estimate of drug-likeness (QED) is 0.293. The van der Waals surface area contributed by atoms with E-state index in [-0.39, 0.29) is 13.2 Å². The Labute approximate surface area is 147 Å². The molecule has 0 aromatic carbocycles. The van der Waals surface area contributed by atoms with Crippen LogP contribution in [0.5, 0.6) is 0 Å². The number of hydrogen-bond donors (Lipinski definition) is 1. The van der Waals surface area contributed by atoms with E-state index in [1.165, 1.54) is 38.5 Å². The lowest BCUT2D eigenvalue weighted by atomic mass is 9.97. The predicted molar refractivity (Wildman–Crippen MR) is 92.5 cm³/mol. The van der Waals surface area contributed by atoms with Crippen LogP contribution >= 0.6 is 0 Å². The molecule has 0 aromatic heterocycles. The summed E-state index contributed by atoms with van der Waals surface area (Å²) in [7, 11) is -4.38. The summed E-state index contributed by atoms with van der Waals surface area (Å²) in [6.45, 7) is 6.91. The summed E-state index contributed by atoms with van der Waals surface area (Å²) < 4.78 is 49.1. The van der Waals surface area contributed by atoms with E-state index in [1.54, 1.807) is 0 Å². The van der Waals surface area contributed by atoms with Crippen molar-refractivity contribution >= 4 is 10.4 Å². The highest BCUT2D eigenvalue weighted by molar-refractivity contribution is 7.80. The highest BCUT2D eigenvalue weighted by atomic mass is 32.3. The minimum absolute atomic E-state index is 0.0795. The monoisotopic (exact) mass is 370 g/mol. The molecule has 1 atom stereocenters. The highest BCUT2D eigenvalue weighted by Gasteiger charge is 2.07. The number of unbranched alkanes of at least 4 members (excludes halogenated alkanes) is 2. The third kappa shape index (κ3) is 18.1. The zero-order chi connectivity index (χ0) is 18.1. The van der Waals surface area contributed by atoms with Gasteiger partial charge in [-0.25, -0.2) is 4.18 Å². The minimum Gasteiger partial charge on any atom is -0.379 e. The van der Waals surface area contributed by atoms with Crippen molar-refractivity contribution in [3.8, 4) is 0 Å². The van der Waals surface area contributed by atoms with Gasteiger partial charge in [0.15, 0.2) is 0 Å². The second kappa shape index (κ2) is 16.2. The van der Waals surface area contributed by atoms with E-state index < -0.39 is 10.4 Å². The van der Waals surface area contributed by atoms with E-state index in [1.807, 2.05) is 0 Å². The Hall–Kier alpha value is -0.250. The minimum atomic E-state index is -4.38. The van der Waals surface area contributed by atoms with Crippen LogP contribution in [0.4, 0.5) is 0 Å². The summed E-state index contributed by atoms with van der Waals surface area (Å²) in [6, 6.07) is 0. The van der Waals surface area contributed by atoms with Crippen LogP contribution in [0.25, 0.3) is 0 Å². The summed E-state index contributed by atoms with van der Waals surface area (Å²) in [6.07, 6.45) is 7.46. The van der Waals surface area contributed by atoms with Crippen LogP contribution in [0.15, 0.2) is 0 Å². The molecule has 8 heteroatoms. The molecule has 0 heterocycles. The van der Waals surface area contributed by atoms with Crippen LogP contribution in [-0.4, -0.2) is 59.2 Å². The van der Waals surface area contributed by atoms with Crippen molar-refractivity contribution < 1.29 is 31.4 Å². The molecule has 146 valence electrons. The van der Waals surface area contributed by atoms with Crippen LogP contribution in [0, 0.1) is 5.92 Å². The van der Waals surface area contributed by atoms with Gasteiger partial charge in [-0.05, 0) is 18.8 Å². The average molecular weight is 371 g/mol. The first-order valence-electron chi connectivity index (χ1n) is 8.84. The average Bonchev–Trinajstić information content (AvgIpc) is 2.51. The van der Waals surface area contributed by atoms with Gasteiger partial charge in [0.05, 0.1) is 39.6 Å². The number of hydrogen-bond acceptors (Lipinski definition) is 6. The van der Waals surface area contributed by atoms with Crippen LogP contribution in [0.3, 0.4) is 0 Å². The van der Waals surface area contributed by atoms with E-state index in [0.29, 0.717) is 32.3 Å². The third-order valence-corrected chi connectivity index (χ3v) is 3.93. The fraction of sp³-hybridized carbons (Fsp3) is 1.00. The molecule has 0 aliphatic carbocycles. The molecule has 0 amide bonds. The molecule has 0 aromatic rings. The maximum Gasteiger partial charge on any atom is 0.397 e. The molecular weight excluding hydrogens is 336 g/mol. The Bertz CT molecular complexity index is 359. The van der Waals surface area contributed by atoms with Gasteiger partial charge in [0.1, 0.15) is 0 Å². The molecule has 24 heavy (non-hydrogen) atoms. The Balaban J connectivity index is 3.38. The standard InChI is InChI=1S/C16H34O7S/c1-3-5-6-8-16(7-4-2)15-22-12-11-20-9-10-21-13-14-23-24(17,18)19/h16H,3-15H2,1-2H3,(H,17,18,19). The van der Waals surface area contributed by atoms with E-state index >= 15 is 0 Å². The SMILES string of the molecule is CCCCCC(CCC)COCCOCCOCCOS(=O)(=O)O. The second-order valence-corrected chi connectivity index (χ2v) is 6.79. The molecule has 0 fully saturated rings. The first kappa shape index (κ1) is 23.8. The van der Waals surface area contributed by atoms with Crippen LogP contribution in [0.2, 0.25) is 0 Å². The van der Waals surface area contributed by atoms with Gasteiger partial charge in [-0.2, -0.15) is 8.42 Å². The molecule has 0 bridgehead atoms. The van der Waals surface area contributed by atoms with Crippen molar-refractivity contribution in [2.75, 3.05) is 46.2 Å². The van der Waals surface area contributed by atoms with Crippen LogP contribution in [-0.2, 0) is 28.8 Å². The third-order valence-electron chi connectivity index (χ3n) is 3.47. The Morgan fingerprint density at radius 3 is 1.92 bits per heavy atom. The van der Waals surface area contributed by atoms with Crippen LogP contribution < -0.4 is 0 Å². The van der Waals surface area contributed by atoms with Crippen molar-refractivity contribution in [1.82, 2.24) is 0 Å². The molecule has 1 unspecified atom stereocenters. The topological polar surface area (TPSA) is 91.3 Å². The van der Waals surface area contributed by atoms with E-state index in [4.69, 9.17) is 18.8 Å². The second-order valence-electron chi connectivity index (χ2n) is 5.70. The summed E-state index contributed by atoms with van der Waals surface area (Å²) in [5.74, 6) is 0.646. The van der Waals surface area contributed by atoms with Gasteiger partial charge >= 0.3 is 10.4 Å². The smallest absolute Gasteiger partial charge is 0.379 e. The van der Waals surface area contributed by atoms with Gasteiger partial charge in [-0.3, -0.25) is 4.55 Å². The molecular formula is C16H34O7S. The molecule has 7 nitrogen and oxygen atoms in total. The molecule has 0 radical (unpaired) electrons. The number of ether oxygens (including phenoxy) is 3. The van der Waals surface area contributed by atoms with Crippen molar-refractivity contribution in [2.45, 2.75) is 52.4 Å². The Kier molecular flexibility index (Phi) is 16.1. The summed E-state index contributed by atoms with van der Waals surface area (Å²) >= 11 is 0. The molecule has 1 N–H and O–H groups in total. The lowest BCUT2D eigenvalue weighted by Gasteiger charge is -2.16. The van der Waals surface area contributed by atoms with Crippen molar-refractivity contribution in [2.24, 2.45) is 5.92 Å². The molecule has 0 aliphatic rings. The lowest BCUT2D eigenvalue weighted by Crippen LogP contribution is -2.15. The maximum atomic E-state index is 10.3. The van der Waals surface area contributed by atoms with Gasteiger partial charge in [-0.1, -0.05) is 39.5 Å². The van der Waals surface area contributed by atoms with Crippen molar-refractivity contribution in [3.63, 3.8) is 0 Å². The van der Waals surface area contributed by atoms with E-state index in [0.717, 1.165) is 6.61 Å². The lowest BCUT2D eigenvalue weighted by molar-refractivity contribution is 0.00168. The first-order chi connectivity index (χ1) is 11.5. The van der Waals surface area contributed by atoms with Crippen molar-refractivity contribution in [3.05, 3.63) is 0 Å². The zero-order valence-electron chi connectivity index (χ0n) is 15.1. The van der Waals surface area contributed by atoms with E-state index in [9.17, 15) is 8.42 Å².